The predicted molar refractivity (Wildman–Crippen MR) is 98.9 cm³/mol. The molecule has 0 saturated carbocycles. The quantitative estimate of drug-likeness (QED) is 0.394. The van der Waals surface area contributed by atoms with Gasteiger partial charge in [0.25, 0.3) is 11.6 Å². The molecule has 0 fully saturated rings. The average molecular weight is 401 g/mol. The maximum atomic E-state index is 12.0. The Bertz CT molecular complexity index is 993. The van der Waals surface area contributed by atoms with Crippen LogP contribution in [0.3, 0.4) is 0 Å². The van der Waals surface area contributed by atoms with Gasteiger partial charge < -0.3 is 4.98 Å². The topological polar surface area (TPSA) is 100 Å². The lowest BCUT2D eigenvalue weighted by Gasteiger charge is -2.00. The Morgan fingerprint density at radius 1 is 1.28 bits per heavy atom. The van der Waals surface area contributed by atoms with Crippen LogP contribution in [0.4, 0.5) is 5.69 Å². The van der Waals surface area contributed by atoms with Crippen LogP contribution >= 0.6 is 15.9 Å². The highest BCUT2D eigenvalue weighted by Gasteiger charge is 2.12. The van der Waals surface area contributed by atoms with E-state index in [0.29, 0.717) is 16.5 Å². The molecule has 0 atom stereocenters. The lowest BCUT2D eigenvalue weighted by atomic mass is 10.1. The number of amides is 1. The molecule has 8 heteroatoms. The molecule has 1 heterocycles. The van der Waals surface area contributed by atoms with E-state index < -0.39 is 4.92 Å². The number of carbonyl (C=O) groups excluding carboxylic acids is 1. The standard InChI is InChI=1S/C17H13BrN4O3/c1-10-15(14-8-13(22(24)25)6-7-16(14)20-10)9-19-21-17(23)11-2-4-12(18)5-3-11/h2-9,20H,1H3,(H,21,23)/b19-9+. The van der Waals surface area contributed by atoms with Gasteiger partial charge in [0.2, 0.25) is 0 Å². The Hall–Kier alpha value is -3.00. The number of nitro benzene ring substituents is 1. The molecule has 0 aliphatic carbocycles. The number of non-ortho nitro benzene ring substituents is 1. The number of aromatic amines is 1. The van der Waals surface area contributed by atoms with E-state index in [0.717, 1.165) is 15.7 Å². The Balaban J connectivity index is 1.84. The first kappa shape index (κ1) is 16.8. The van der Waals surface area contributed by atoms with Gasteiger partial charge in [-0.25, -0.2) is 5.43 Å². The maximum absolute atomic E-state index is 12.0. The van der Waals surface area contributed by atoms with Gasteiger partial charge in [0, 0.05) is 44.3 Å². The van der Waals surface area contributed by atoms with Crippen molar-refractivity contribution >= 4 is 44.6 Å². The van der Waals surface area contributed by atoms with Gasteiger partial charge in [0.1, 0.15) is 0 Å². The van der Waals surface area contributed by atoms with Crippen molar-refractivity contribution < 1.29 is 9.72 Å². The first-order valence-electron chi connectivity index (χ1n) is 7.31. The normalized spacial score (nSPS) is 11.1. The van der Waals surface area contributed by atoms with Crippen LogP contribution in [-0.2, 0) is 0 Å². The number of hydrogen-bond donors (Lipinski definition) is 2. The zero-order chi connectivity index (χ0) is 18.0. The monoisotopic (exact) mass is 400 g/mol. The Kier molecular flexibility index (Phi) is 4.62. The molecular formula is C17H13BrN4O3. The minimum absolute atomic E-state index is 0.0000445. The maximum Gasteiger partial charge on any atom is 0.271 e. The number of fused-ring (bicyclic) bond motifs is 1. The number of benzene rings is 2. The minimum atomic E-state index is -0.446. The number of rotatable bonds is 4. The van der Waals surface area contributed by atoms with Crippen molar-refractivity contribution in [2.45, 2.75) is 6.92 Å². The van der Waals surface area contributed by atoms with Gasteiger partial charge in [-0.3, -0.25) is 14.9 Å². The molecule has 0 aliphatic rings. The van der Waals surface area contributed by atoms with Gasteiger partial charge in [0.05, 0.1) is 11.1 Å². The van der Waals surface area contributed by atoms with E-state index >= 15 is 0 Å². The average Bonchev–Trinajstić information content (AvgIpc) is 2.90. The molecule has 2 aromatic carbocycles. The van der Waals surface area contributed by atoms with Crippen molar-refractivity contribution in [1.29, 1.82) is 0 Å². The molecule has 0 unspecified atom stereocenters. The summed E-state index contributed by atoms with van der Waals surface area (Å²) in [4.78, 5) is 25.7. The molecule has 7 nitrogen and oxygen atoms in total. The molecule has 0 spiro atoms. The third-order valence-corrected chi connectivity index (χ3v) is 4.23. The van der Waals surface area contributed by atoms with E-state index in [9.17, 15) is 14.9 Å². The van der Waals surface area contributed by atoms with Gasteiger partial charge in [-0.15, -0.1) is 0 Å². The van der Waals surface area contributed by atoms with Crippen LogP contribution in [0.1, 0.15) is 21.6 Å². The zero-order valence-corrected chi connectivity index (χ0v) is 14.7. The van der Waals surface area contributed by atoms with Gasteiger partial charge in [-0.05, 0) is 37.3 Å². The second-order valence-electron chi connectivity index (χ2n) is 5.36. The van der Waals surface area contributed by atoms with Gasteiger partial charge in [-0.2, -0.15) is 5.10 Å². The van der Waals surface area contributed by atoms with E-state index in [1.165, 1.54) is 18.3 Å². The summed E-state index contributed by atoms with van der Waals surface area (Å²) in [7, 11) is 0. The molecule has 0 radical (unpaired) electrons. The number of nitro groups is 1. The summed E-state index contributed by atoms with van der Waals surface area (Å²) in [5, 5.41) is 15.6. The van der Waals surface area contributed by atoms with E-state index in [2.05, 4.69) is 31.4 Å². The molecule has 3 aromatic rings. The fourth-order valence-corrected chi connectivity index (χ4v) is 2.70. The summed E-state index contributed by atoms with van der Waals surface area (Å²) in [5.74, 6) is -0.341. The molecule has 0 saturated heterocycles. The third kappa shape index (κ3) is 3.58. The van der Waals surface area contributed by atoms with Crippen molar-refractivity contribution in [3.05, 3.63) is 73.9 Å². The fraction of sp³-hybridized carbons (Fsp3) is 0.0588. The van der Waals surface area contributed by atoms with Crippen LogP contribution < -0.4 is 5.43 Å². The predicted octanol–water partition coefficient (Wildman–Crippen LogP) is 3.91. The number of carbonyl (C=O) groups is 1. The lowest BCUT2D eigenvalue weighted by molar-refractivity contribution is -0.384. The minimum Gasteiger partial charge on any atom is -0.358 e. The first-order valence-corrected chi connectivity index (χ1v) is 8.10. The highest BCUT2D eigenvalue weighted by Crippen LogP contribution is 2.25. The van der Waals surface area contributed by atoms with Gasteiger partial charge >= 0.3 is 0 Å². The highest BCUT2D eigenvalue weighted by atomic mass is 79.9. The van der Waals surface area contributed by atoms with Crippen molar-refractivity contribution in [2.75, 3.05) is 0 Å². The largest absolute Gasteiger partial charge is 0.358 e. The number of aryl methyl sites for hydroxylation is 1. The van der Waals surface area contributed by atoms with Crippen LogP contribution in [0.25, 0.3) is 10.9 Å². The summed E-state index contributed by atoms with van der Waals surface area (Å²) >= 11 is 3.31. The number of nitrogens with one attached hydrogen (secondary N) is 2. The molecule has 0 aliphatic heterocycles. The summed E-state index contributed by atoms with van der Waals surface area (Å²) < 4.78 is 0.878. The Morgan fingerprint density at radius 2 is 2.00 bits per heavy atom. The SMILES string of the molecule is Cc1[nH]c2ccc([N+](=O)[O-])cc2c1/C=N/NC(=O)c1ccc(Br)cc1. The smallest absolute Gasteiger partial charge is 0.271 e. The van der Waals surface area contributed by atoms with Gasteiger partial charge in [0.15, 0.2) is 0 Å². The number of H-pyrrole nitrogens is 1. The van der Waals surface area contributed by atoms with E-state index in [-0.39, 0.29) is 11.6 Å². The van der Waals surface area contributed by atoms with E-state index in [1.807, 2.05) is 6.92 Å². The van der Waals surface area contributed by atoms with Crippen LogP contribution in [0.15, 0.2) is 52.0 Å². The van der Waals surface area contributed by atoms with Crippen molar-refractivity contribution in [2.24, 2.45) is 5.10 Å². The van der Waals surface area contributed by atoms with Crippen molar-refractivity contribution in [1.82, 2.24) is 10.4 Å². The van der Waals surface area contributed by atoms with Crippen LogP contribution in [0.5, 0.6) is 0 Å². The molecule has 2 N–H and O–H groups in total. The van der Waals surface area contributed by atoms with Crippen molar-refractivity contribution in [3.63, 3.8) is 0 Å². The summed E-state index contributed by atoms with van der Waals surface area (Å²) in [6, 6.07) is 11.5. The second kappa shape index (κ2) is 6.86. The molecule has 126 valence electrons. The van der Waals surface area contributed by atoms with Crippen molar-refractivity contribution in [3.8, 4) is 0 Å². The molecular weight excluding hydrogens is 388 g/mol. The van der Waals surface area contributed by atoms with Crippen LogP contribution in [0, 0.1) is 17.0 Å². The molecule has 3 rings (SSSR count). The number of hydrazone groups is 1. The van der Waals surface area contributed by atoms with Crippen LogP contribution in [0.2, 0.25) is 0 Å². The number of halogens is 1. The number of nitrogens with zero attached hydrogens (tertiary/aromatic N) is 2. The second-order valence-corrected chi connectivity index (χ2v) is 6.27. The zero-order valence-electron chi connectivity index (χ0n) is 13.1. The third-order valence-electron chi connectivity index (χ3n) is 3.70. The molecule has 25 heavy (non-hydrogen) atoms. The number of hydrogen-bond acceptors (Lipinski definition) is 4. The van der Waals surface area contributed by atoms with Crippen LogP contribution in [-0.4, -0.2) is 22.0 Å². The Labute approximate surface area is 151 Å². The fourth-order valence-electron chi connectivity index (χ4n) is 2.44. The lowest BCUT2D eigenvalue weighted by Crippen LogP contribution is -2.17. The molecule has 1 amide bonds. The molecule has 1 aromatic heterocycles. The van der Waals surface area contributed by atoms with E-state index in [4.69, 9.17) is 0 Å². The highest BCUT2D eigenvalue weighted by molar-refractivity contribution is 9.10. The molecule has 0 bridgehead atoms. The summed E-state index contributed by atoms with van der Waals surface area (Å²) in [6.07, 6.45) is 1.48. The van der Waals surface area contributed by atoms with E-state index in [1.54, 1.807) is 30.3 Å². The van der Waals surface area contributed by atoms with Gasteiger partial charge in [-0.1, -0.05) is 15.9 Å². The first-order chi connectivity index (χ1) is 12.0. The number of aromatic nitrogens is 1. The summed E-state index contributed by atoms with van der Waals surface area (Å²) in [5.41, 5.74) is 5.19. The summed E-state index contributed by atoms with van der Waals surface area (Å²) in [6.45, 7) is 1.84. The Morgan fingerprint density at radius 3 is 2.68 bits per heavy atom.